The number of hydrogen-bond donors (Lipinski definition) is 0. The van der Waals surface area contributed by atoms with Crippen LogP contribution >= 0.6 is 0 Å². The normalized spacial score (nSPS) is 14.5. The zero-order valence-electron chi connectivity index (χ0n) is 14.1. The second-order valence-corrected chi connectivity index (χ2v) is 5.68. The van der Waals surface area contributed by atoms with Crippen LogP contribution < -0.4 is 9.47 Å². The van der Waals surface area contributed by atoms with Crippen molar-refractivity contribution in [3.05, 3.63) is 59.2 Å². The smallest absolute Gasteiger partial charge is 0.255 e. The van der Waals surface area contributed by atoms with Crippen LogP contribution in [0.5, 0.6) is 11.5 Å². The lowest BCUT2D eigenvalue weighted by molar-refractivity contribution is 0.0551. The Bertz CT molecular complexity index is 744. The van der Waals surface area contributed by atoms with E-state index in [-0.39, 0.29) is 11.9 Å². The number of carbonyl (C=O) groups excluding carboxylic acids is 1. The number of fused-ring (bicyclic) bond motifs is 1. The fraction of sp³-hybridized carbons (Fsp3) is 0.316. The third-order valence-electron chi connectivity index (χ3n) is 4.34. The monoisotopic (exact) mass is 327 g/mol. The topological polar surface area (TPSA) is 48.0 Å². The second kappa shape index (κ2) is 6.93. The lowest BCUT2D eigenvalue weighted by atomic mass is 10.1. The lowest BCUT2D eigenvalue weighted by Gasteiger charge is -2.28. The summed E-state index contributed by atoms with van der Waals surface area (Å²) >= 11 is 0. The Hall–Kier alpha value is -2.53. The Morgan fingerprint density at radius 1 is 1.04 bits per heavy atom. The highest BCUT2D eigenvalue weighted by Crippen LogP contribution is 2.35. The van der Waals surface area contributed by atoms with Gasteiger partial charge < -0.3 is 19.1 Å². The molecule has 0 radical (unpaired) electrons. The molecule has 2 aromatic rings. The van der Waals surface area contributed by atoms with Gasteiger partial charge in [-0.25, -0.2) is 0 Å². The van der Waals surface area contributed by atoms with Crippen molar-refractivity contribution < 1.29 is 19.0 Å². The van der Waals surface area contributed by atoms with Crippen LogP contribution in [0, 0.1) is 0 Å². The number of ether oxygens (including phenoxy) is 3. The number of hydrogen-bond acceptors (Lipinski definition) is 4. The fourth-order valence-electron chi connectivity index (χ4n) is 3.11. The van der Waals surface area contributed by atoms with Crippen LogP contribution in [0.4, 0.5) is 0 Å². The van der Waals surface area contributed by atoms with Gasteiger partial charge in [0.2, 0.25) is 0 Å². The zero-order valence-corrected chi connectivity index (χ0v) is 14.1. The fourth-order valence-corrected chi connectivity index (χ4v) is 3.11. The van der Waals surface area contributed by atoms with E-state index in [2.05, 4.69) is 0 Å². The molecule has 24 heavy (non-hydrogen) atoms. The minimum absolute atomic E-state index is 0.0300. The van der Waals surface area contributed by atoms with Crippen LogP contribution in [0.3, 0.4) is 0 Å². The van der Waals surface area contributed by atoms with E-state index in [9.17, 15) is 4.79 Å². The molecule has 5 heteroatoms. The summed E-state index contributed by atoms with van der Waals surface area (Å²) in [6, 6.07) is 13.2. The average molecular weight is 327 g/mol. The first-order chi connectivity index (χ1) is 11.7. The number of methoxy groups -OCH3 is 3. The minimum Gasteiger partial charge on any atom is -0.493 e. The molecule has 2 aromatic carbocycles. The van der Waals surface area contributed by atoms with E-state index < -0.39 is 0 Å². The van der Waals surface area contributed by atoms with Gasteiger partial charge in [0.1, 0.15) is 0 Å². The van der Waals surface area contributed by atoms with Crippen molar-refractivity contribution in [2.75, 3.05) is 27.9 Å². The van der Waals surface area contributed by atoms with E-state index in [1.807, 2.05) is 47.4 Å². The molecular weight excluding hydrogens is 306 g/mol. The molecule has 1 aliphatic rings. The molecule has 1 heterocycles. The first-order valence-corrected chi connectivity index (χ1v) is 7.79. The van der Waals surface area contributed by atoms with Crippen molar-refractivity contribution in [3.63, 3.8) is 0 Å². The first-order valence-electron chi connectivity index (χ1n) is 7.79. The Balaban J connectivity index is 1.95. The average Bonchev–Trinajstić information content (AvgIpc) is 2.96. The predicted octanol–water partition coefficient (Wildman–Crippen LogP) is 3.05. The molecule has 0 aromatic heterocycles. The van der Waals surface area contributed by atoms with Gasteiger partial charge in [-0.3, -0.25) is 4.79 Å². The largest absolute Gasteiger partial charge is 0.493 e. The summed E-state index contributed by atoms with van der Waals surface area (Å²) in [6.07, 6.45) is 0. The maximum Gasteiger partial charge on any atom is 0.255 e. The third kappa shape index (κ3) is 2.83. The number of nitrogens with zero attached hydrogens (tertiary/aromatic N) is 1. The van der Waals surface area contributed by atoms with Crippen molar-refractivity contribution in [2.45, 2.75) is 12.6 Å². The van der Waals surface area contributed by atoms with Gasteiger partial charge in [-0.2, -0.15) is 0 Å². The molecule has 3 rings (SSSR count). The highest BCUT2D eigenvalue weighted by molar-refractivity contribution is 5.98. The molecule has 0 saturated heterocycles. The van der Waals surface area contributed by atoms with Gasteiger partial charge in [0.25, 0.3) is 5.91 Å². The molecule has 0 spiro atoms. The molecule has 0 fully saturated rings. The summed E-state index contributed by atoms with van der Waals surface area (Å²) in [5.74, 6) is 1.33. The van der Waals surface area contributed by atoms with Crippen molar-refractivity contribution in [2.24, 2.45) is 0 Å². The summed E-state index contributed by atoms with van der Waals surface area (Å²) < 4.78 is 16.1. The van der Waals surface area contributed by atoms with Crippen LogP contribution in [0.2, 0.25) is 0 Å². The SMILES string of the molecule is COCC(c1ccc(OC)c(OC)c1)N1Cc2ccccc2C1=O. The molecule has 5 nitrogen and oxygen atoms in total. The third-order valence-corrected chi connectivity index (χ3v) is 4.34. The highest BCUT2D eigenvalue weighted by atomic mass is 16.5. The standard InChI is InChI=1S/C19H21NO4/c1-22-12-16(13-8-9-17(23-2)18(10-13)24-3)20-11-14-6-4-5-7-15(14)19(20)21/h4-10,16H,11-12H2,1-3H3. The number of benzene rings is 2. The summed E-state index contributed by atoms with van der Waals surface area (Å²) in [6.45, 7) is 0.993. The van der Waals surface area contributed by atoms with Gasteiger partial charge in [0.15, 0.2) is 11.5 Å². The Morgan fingerprint density at radius 2 is 1.79 bits per heavy atom. The molecule has 0 bridgehead atoms. The van der Waals surface area contributed by atoms with E-state index in [1.165, 1.54) is 0 Å². The Labute approximate surface area is 141 Å². The lowest BCUT2D eigenvalue weighted by Crippen LogP contribution is -2.32. The second-order valence-electron chi connectivity index (χ2n) is 5.68. The maximum absolute atomic E-state index is 12.8. The molecule has 1 amide bonds. The van der Waals surface area contributed by atoms with E-state index in [0.29, 0.717) is 24.7 Å². The van der Waals surface area contributed by atoms with E-state index in [4.69, 9.17) is 14.2 Å². The number of carbonyl (C=O) groups is 1. The quantitative estimate of drug-likeness (QED) is 0.818. The van der Waals surface area contributed by atoms with Crippen LogP contribution in [-0.2, 0) is 11.3 Å². The van der Waals surface area contributed by atoms with Crippen molar-refractivity contribution in [1.82, 2.24) is 4.90 Å². The van der Waals surface area contributed by atoms with E-state index in [1.54, 1.807) is 21.3 Å². The molecule has 0 aliphatic carbocycles. The van der Waals surface area contributed by atoms with Crippen molar-refractivity contribution >= 4 is 5.91 Å². The van der Waals surface area contributed by atoms with E-state index >= 15 is 0 Å². The summed E-state index contributed by atoms with van der Waals surface area (Å²) in [5, 5.41) is 0. The molecule has 126 valence electrons. The van der Waals surface area contributed by atoms with Crippen LogP contribution in [0.25, 0.3) is 0 Å². The van der Waals surface area contributed by atoms with Gasteiger partial charge in [-0.1, -0.05) is 24.3 Å². The summed E-state index contributed by atoms with van der Waals surface area (Å²) in [5.41, 5.74) is 2.76. The first kappa shape index (κ1) is 16.3. The highest BCUT2D eigenvalue weighted by Gasteiger charge is 2.33. The van der Waals surface area contributed by atoms with Gasteiger partial charge in [-0.05, 0) is 29.3 Å². The Morgan fingerprint density at radius 3 is 2.46 bits per heavy atom. The predicted molar refractivity (Wildman–Crippen MR) is 90.5 cm³/mol. The van der Waals surface area contributed by atoms with Crippen molar-refractivity contribution in [3.8, 4) is 11.5 Å². The Kier molecular flexibility index (Phi) is 4.71. The van der Waals surface area contributed by atoms with Crippen LogP contribution in [0.1, 0.15) is 27.5 Å². The van der Waals surface area contributed by atoms with Crippen molar-refractivity contribution in [1.29, 1.82) is 0 Å². The molecule has 1 unspecified atom stereocenters. The van der Waals surface area contributed by atoms with Gasteiger partial charge in [0, 0.05) is 19.2 Å². The van der Waals surface area contributed by atoms with Gasteiger partial charge in [0.05, 0.1) is 26.9 Å². The maximum atomic E-state index is 12.8. The van der Waals surface area contributed by atoms with Crippen LogP contribution in [0.15, 0.2) is 42.5 Å². The van der Waals surface area contributed by atoms with Crippen LogP contribution in [-0.4, -0.2) is 38.7 Å². The summed E-state index contributed by atoms with van der Waals surface area (Å²) in [7, 11) is 4.84. The molecular formula is C19H21NO4. The van der Waals surface area contributed by atoms with E-state index in [0.717, 1.165) is 16.7 Å². The minimum atomic E-state index is -0.185. The molecule has 1 atom stereocenters. The zero-order chi connectivity index (χ0) is 17.1. The number of rotatable bonds is 6. The van der Waals surface area contributed by atoms with Gasteiger partial charge >= 0.3 is 0 Å². The van der Waals surface area contributed by atoms with Gasteiger partial charge in [-0.15, -0.1) is 0 Å². The molecule has 0 saturated carbocycles. The number of amides is 1. The molecule has 1 aliphatic heterocycles. The summed E-state index contributed by atoms with van der Waals surface area (Å²) in [4.78, 5) is 14.6. The molecule has 0 N–H and O–H groups in total.